The van der Waals surface area contributed by atoms with Gasteiger partial charge in [0.1, 0.15) is 5.69 Å². The van der Waals surface area contributed by atoms with Crippen molar-refractivity contribution >= 4 is 17.3 Å². The van der Waals surface area contributed by atoms with Crippen LogP contribution in [-0.2, 0) is 6.42 Å². The first-order valence-corrected chi connectivity index (χ1v) is 8.30. The number of amides is 1. The zero-order valence-electron chi connectivity index (χ0n) is 14.4. The fraction of sp³-hybridized carbons (Fsp3) is 0.278. The Kier molecular flexibility index (Phi) is 4.99. The summed E-state index contributed by atoms with van der Waals surface area (Å²) in [5.41, 5.74) is -3.63. The molecule has 7 nitrogen and oxygen atoms in total. The highest BCUT2D eigenvalue weighted by Gasteiger charge is 2.62. The second-order valence-electron chi connectivity index (χ2n) is 6.27. The maximum atomic E-state index is 14.3. The standard InChI is InChI=1S/C18H16F3N3O4/c19-18(20,21)17(22-14-7-3-4-8-15(14)24(27)28)11-12-5-1-2-6-13(12)16(26)23(17)9-10-25/h1-8,22,25H,9-11H2. The number of nitrogens with zero attached hydrogens (tertiary/aromatic N) is 2. The minimum Gasteiger partial charge on any atom is -0.395 e. The van der Waals surface area contributed by atoms with E-state index in [0.717, 1.165) is 12.1 Å². The van der Waals surface area contributed by atoms with E-state index in [4.69, 9.17) is 0 Å². The third kappa shape index (κ3) is 3.15. The van der Waals surface area contributed by atoms with Gasteiger partial charge in [-0.05, 0) is 17.7 Å². The normalized spacial score (nSPS) is 19.3. The molecule has 1 unspecified atom stereocenters. The van der Waals surface area contributed by atoms with Crippen molar-refractivity contribution in [2.75, 3.05) is 18.5 Å². The fourth-order valence-electron chi connectivity index (χ4n) is 3.36. The summed E-state index contributed by atoms with van der Waals surface area (Å²) in [5.74, 6) is -0.917. The number of fused-ring (bicyclic) bond motifs is 1. The van der Waals surface area contributed by atoms with Crippen LogP contribution >= 0.6 is 0 Å². The van der Waals surface area contributed by atoms with Gasteiger partial charge >= 0.3 is 6.18 Å². The van der Waals surface area contributed by atoms with Crippen molar-refractivity contribution in [3.63, 3.8) is 0 Å². The van der Waals surface area contributed by atoms with Gasteiger partial charge in [0.05, 0.1) is 11.5 Å². The number of β-amino-alcohol motifs (C(OH)–C–C–N with tert-alkyl or cyclic N) is 1. The van der Waals surface area contributed by atoms with E-state index in [-0.39, 0.29) is 16.8 Å². The molecule has 0 saturated heterocycles. The molecular formula is C18H16F3N3O4. The van der Waals surface area contributed by atoms with Crippen LogP contribution in [0.4, 0.5) is 24.5 Å². The first-order chi connectivity index (χ1) is 13.2. The van der Waals surface area contributed by atoms with E-state index < -0.39 is 47.9 Å². The van der Waals surface area contributed by atoms with E-state index in [1.54, 1.807) is 0 Å². The van der Waals surface area contributed by atoms with Crippen molar-refractivity contribution < 1.29 is 28.0 Å². The van der Waals surface area contributed by atoms with Crippen molar-refractivity contribution in [1.29, 1.82) is 0 Å². The number of nitro benzene ring substituents is 1. The number of anilines is 1. The lowest BCUT2D eigenvalue weighted by Gasteiger charge is -2.48. The Balaban J connectivity index is 2.20. The summed E-state index contributed by atoms with van der Waals surface area (Å²) in [4.78, 5) is 23.8. The zero-order chi connectivity index (χ0) is 20.5. The first kappa shape index (κ1) is 19.6. The first-order valence-electron chi connectivity index (χ1n) is 8.30. The Morgan fingerprint density at radius 3 is 2.46 bits per heavy atom. The number of para-hydroxylation sites is 2. The van der Waals surface area contributed by atoms with Crippen LogP contribution in [0.25, 0.3) is 0 Å². The summed E-state index contributed by atoms with van der Waals surface area (Å²) >= 11 is 0. The third-order valence-electron chi connectivity index (χ3n) is 4.63. The van der Waals surface area contributed by atoms with Crippen molar-refractivity contribution in [2.24, 2.45) is 0 Å². The molecule has 2 aromatic rings. The van der Waals surface area contributed by atoms with E-state index in [1.807, 2.05) is 0 Å². The molecule has 0 aliphatic carbocycles. The summed E-state index contributed by atoms with van der Waals surface area (Å²) in [6.07, 6.45) is -5.65. The van der Waals surface area contributed by atoms with Crippen LogP contribution in [0.5, 0.6) is 0 Å². The van der Waals surface area contributed by atoms with Gasteiger partial charge in [0, 0.05) is 24.6 Å². The molecule has 0 spiro atoms. The van der Waals surface area contributed by atoms with Crippen molar-refractivity contribution in [3.8, 4) is 0 Å². The number of aliphatic hydroxyl groups is 1. The van der Waals surface area contributed by atoms with Crippen LogP contribution < -0.4 is 5.32 Å². The molecule has 1 aliphatic rings. The maximum Gasteiger partial charge on any atom is 0.430 e. The minimum atomic E-state index is -4.99. The lowest BCUT2D eigenvalue weighted by atomic mass is 9.87. The van der Waals surface area contributed by atoms with Crippen LogP contribution in [-0.4, -0.2) is 45.8 Å². The Hall–Kier alpha value is -3.14. The van der Waals surface area contributed by atoms with Crippen LogP contribution in [0.2, 0.25) is 0 Å². The smallest absolute Gasteiger partial charge is 0.395 e. The largest absolute Gasteiger partial charge is 0.430 e. The Morgan fingerprint density at radius 1 is 1.18 bits per heavy atom. The van der Waals surface area contributed by atoms with Crippen molar-refractivity contribution in [1.82, 2.24) is 4.90 Å². The number of carbonyl (C=O) groups is 1. The Bertz CT molecular complexity index is 919. The molecule has 0 aromatic heterocycles. The molecule has 28 heavy (non-hydrogen) atoms. The maximum absolute atomic E-state index is 14.3. The highest BCUT2D eigenvalue weighted by Crippen LogP contribution is 2.44. The van der Waals surface area contributed by atoms with Gasteiger partial charge in [0.2, 0.25) is 5.66 Å². The molecule has 0 radical (unpaired) electrons. The number of aliphatic hydroxyl groups excluding tert-OH is 1. The average Bonchev–Trinajstić information content (AvgIpc) is 2.64. The van der Waals surface area contributed by atoms with Gasteiger partial charge in [-0.1, -0.05) is 30.3 Å². The molecule has 1 atom stereocenters. The van der Waals surface area contributed by atoms with Gasteiger partial charge in [-0.3, -0.25) is 14.9 Å². The highest BCUT2D eigenvalue weighted by molar-refractivity contribution is 5.98. The van der Waals surface area contributed by atoms with Gasteiger partial charge < -0.3 is 15.3 Å². The van der Waals surface area contributed by atoms with Crippen LogP contribution in [0.1, 0.15) is 15.9 Å². The lowest BCUT2D eigenvalue weighted by molar-refractivity contribution is -0.384. The number of rotatable bonds is 5. The number of hydrogen-bond acceptors (Lipinski definition) is 5. The van der Waals surface area contributed by atoms with E-state index in [9.17, 15) is 33.2 Å². The second kappa shape index (κ2) is 7.12. The van der Waals surface area contributed by atoms with E-state index in [2.05, 4.69) is 5.32 Å². The number of nitro groups is 1. The van der Waals surface area contributed by atoms with Gasteiger partial charge in [0.15, 0.2) is 0 Å². The van der Waals surface area contributed by atoms with Gasteiger partial charge in [-0.15, -0.1) is 0 Å². The molecule has 1 heterocycles. The predicted octanol–water partition coefficient (Wildman–Crippen LogP) is 2.96. The van der Waals surface area contributed by atoms with E-state index in [0.29, 0.717) is 4.90 Å². The number of halogens is 3. The number of hydrogen-bond donors (Lipinski definition) is 2. The van der Waals surface area contributed by atoms with E-state index in [1.165, 1.54) is 36.4 Å². The zero-order valence-corrected chi connectivity index (χ0v) is 14.4. The van der Waals surface area contributed by atoms with Crippen molar-refractivity contribution in [3.05, 3.63) is 69.8 Å². The summed E-state index contributed by atoms with van der Waals surface area (Å²) in [6, 6.07) is 10.8. The molecule has 0 fully saturated rings. The molecule has 1 aliphatic heterocycles. The fourth-order valence-corrected chi connectivity index (χ4v) is 3.36. The average molecular weight is 395 g/mol. The molecule has 1 amide bonds. The van der Waals surface area contributed by atoms with Crippen LogP contribution in [0, 0.1) is 10.1 Å². The lowest BCUT2D eigenvalue weighted by Crippen LogP contribution is -2.69. The second-order valence-corrected chi connectivity index (χ2v) is 6.27. The topological polar surface area (TPSA) is 95.7 Å². The number of nitrogens with one attached hydrogen (secondary N) is 1. The Morgan fingerprint density at radius 2 is 1.82 bits per heavy atom. The molecule has 148 valence electrons. The molecule has 2 aromatic carbocycles. The molecule has 0 saturated carbocycles. The highest BCUT2D eigenvalue weighted by atomic mass is 19.4. The summed E-state index contributed by atoms with van der Waals surface area (Å²) < 4.78 is 43.0. The van der Waals surface area contributed by atoms with E-state index >= 15 is 0 Å². The molecule has 10 heteroatoms. The Labute approximate surface area is 157 Å². The molecular weight excluding hydrogens is 379 g/mol. The number of benzene rings is 2. The number of carbonyl (C=O) groups excluding carboxylic acids is 1. The molecule has 2 N–H and O–H groups in total. The predicted molar refractivity (Wildman–Crippen MR) is 93.8 cm³/mol. The van der Waals surface area contributed by atoms with Crippen LogP contribution in [0.15, 0.2) is 48.5 Å². The summed E-state index contributed by atoms with van der Waals surface area (Å²) in [7, 11) is 0. The molecule has 0 bridgehead atoms. The van der Waals surface area contributed by atoms with Gasteiger partial charge in [0.25, 0.3) is 11.6 Å². The monoisotopic (exact) mass is 395 g/mol. The summed E-state index contributed by atoms with van der Waals surface area (Å²) in [5, 5.41) is 22.8. The summed E-state index contributed by atoms with van der Waals surface area (Å²) in [6.45, 7) is -1.30. The number of alkyl halides is 3. The van der Waals surface area contributed by atoms with Crippen molar-refractivity contribution in [2.45, 2.75) is 18.3 Å². The quantitative estimate of drug-likeness (QED) is 0.600. The third-order valence-corrected chi connectivity index (χ3v) is 4.63. The minimum absolute atomic E-state index is 0.0974. The molecule has 3 rings (SSSR count). The SMILES string of the molecule is O=C1c2ccccc2CC(Nc2ccccc2[N+](=O)[O-])(C(F)(F)F)N1CCO. The van der Waals surface area contributed by atoms with Gasteiger partial charge in [-0.2, -0.15) is 13.2 Å². The van der Waals surface area contributed by atoms with Gasteiger partial charge in [-0.25, -0.2) is 0 Å². The van der Waals surface area contributed by atoms with Crippen LogP contribution in [0.3, 0.4) is 0 Å².